The second-order valence-corrected chi connectivity index (χ2v) is 5.17. The first kappa shape index (κ1) is 14.7. The van der Waals surface area contributed by atoms with Crippen molar-refractivity contribution in [1.82, 2.24) is 0 Å². The molecule has 2 rings (SSSR count). The molecule has 0 aromatic heterocycles. The number of piperidine rings is 1. The van der Waals surface area contributed by atoms with Gasteiger partial charge in [0.1, 0.15) is 12.1 Å². The third kappa shape index (κ3) is 3.05. The fourth-order valence-corrected chi connectivity index (χ4v) is 2.72. The topological polar surface area (TPSA) is 53.3 Å². The summed E-state index contributed by atoms with van der Waals surface area (Å²) in [7, 11) is 0. The Morgan fingerprint density at radius 1 is 1.55 bits per heavy atom. The molecule has 0 bridgehead atoms. The highest BCUT2D eigenvalue weighted by Gasteiger charge is 2.31. The average Bonchev–Trinajstić information content (AvgIpc) is 2.47. The predicted molar refractivity (Wildman–Crippen MR) is 77.8 cm³/mol. The van der Waals surface area contributed by atoms with Crippen molar-refractivity contribution < 1.29 is 9.53 Å². The van der Waals surface area contributed by atoms with Gasteiger partial charge in [0.15, 0.2) is 0 Å². The fraction of sp³-hybridized carbons (Fsp3) is 0.467. The first-order valence-corrected chi connectivity index (χ1v) is 7.18. The number of ether oxygens (including phenoxy) is 1. The van der Waals surface area contributed by atoms with Crippen LogP contribution in [0.3, 0.4) is 0 Å². The first-order valence-electron chi connectivity index (χ1n) is 6.80. The highest BCUT2D eigenvalue weighted by molar-refractivity contribution is 6.30. The molecule has 1 aliphatic rings. The van der Waals surface area contributed by atoms with Gasteiger partial charge < -0.3 is 9.64 Å². The zero-order chi connectivity index (χ0) is 14.5. The minimum Gasteiger partial charge on any atom is -0.464 e. The Bertz CT molecular complexity index is 539. The van der Waals surface area contributed by atoms with E-state index in [1.807, 2.05) is 4.90 Å². The van der Waals surface area contributed by atoms with E-state index in [4.69, 9.17) is 16.3 Å². The van der Waals surface area contributed by atoms with Gasteiger partial charge in [-0.3, -0.25) is 0 Å². The summed E-state index contributed by atoms with van der Waals surface area (Å²) in [6.45, 7) is 2.92. The first-order chi connectivity index (χ1) is 9.67. The summed E-state index contributed by atoms with van der Waals surface area (Å²) < 4.78 is 5.14. The molecule has 1 aromatic rings. The Labute approximate surface area is 123 Å². The minimum atomic E-state index is -0.308. The normalized spacial score (nSPS) is 18.4. The number of esters is 1. The van der Waals surface area contributed by atoms with Crippen LogP contribution in [-0.4, -0.2) is 25.2 Å². The Hall–Kier alpha value is -1.73. The summed E-state index contributed by atoms with van der Waals surface area (Å²) in [5.41, 5.74) is 1.25. The molecular formula is C15H17ClN2O2. The van der Waals surface area contributed by atoms with Gasteiger partial charge in [0.25, 0.3) is 0 Å². The quantitative estimate of drug-likeness (QED) is 0.803. The number of carbonyl (C=O) groups excluding carboxylic acids is 1. The van der Waals surface area contributed by atoms with Crippen LogP contribution in [0.4, 0.5) is 5.69 Å². The van der Waals surface area contributed by atoms with Crippen LogP contribution in [0.5, 0.6) is 0 Å². The molecule has 0 aliphatic carbocycles. The molecule has 1 saturated heterocycles. The van der Waals surface area contributed by atoms with Gasteiger partial charge in [-0.1, -0.05) is 11.6 Å². The summed E-state index contributed by atoms with van der Waals surface area (Å²) in [6, 6.07) is 7.02. The summed E-state index contributed by atoms with van der Waals surface area (Å²) in [6.07, 6.45) is 2.76. The van der Waals surface area contributed by atoms with Crippen molar-refractivity contribution in [3.63, 3.8) is 0 Å². The standard InChI is InChI=1S/C15H17ClN2O2/c1-2-20-15(19)14-5-3-4-8-18(14)13-7-6-12(16)9-11(13)10-17/h6-7,9,14H,2-5,8H2,1H3. The molecule has 0 amide bonds. The van der Waals surface area contributed by atoms with E-state index >= 15 is 0 Å². The molecule has 1 aromatic carbocycles. The molecule has 1 heterocycles. The molecule has 0 N–H and O–H groups in total. The molecule has 0 spiro atoms. The second kappa shape index (κ2) is 6.62. The third-order valence-electron chi connectivity index (χ3n) is 3.45. The Morgan fingerprint density at radius 2 is 2.35 bits per heavy atom. The molecule has 1 fully saturated rings. The fourth-order valence-electron chi connectivity index (χ4n) is 2.55. The SMILES string of the molecule is CCOC(=O)C1CCCCN1c1ccc(Cl)cc1C#N. The maximum atomic E-state index is 12.1. The molecule has 0 saturated carbocycles. The van der Waals surface area contributed by atoms with Gasteiger partial charge in [-0.15, -0.1) is 0 Å². The number of halogens is 1. The third-order valence-corrected chi connectivity index (χ3v) is 3.69. The minimum absolute atomic E-state index is 0.217. The summed E-state index contributed by atoms with van der Waals surface area (Å²) >= 11 is 5.92. The Balaban J connectivity index is 2.33. The van der Waals surface area contributed by atoms with E-state index in [0.29, 0.717) is 17.2 Å². The van der Waals surface area contributed by atoms with Crippen molar-refractivity contribution in [1.29, 1.82) is 5.26 Å². The van der Waals surface area contributed by atoms with Gasteiger partial charge in [0, 0.05) is 11.6 Å². The number of hydrogen-bond donors (Lipinski definition) is 0. The van der Waals surface area contributed by atoms with E-state index in [1.54, 1.807) is 25.1 Å². The van der Waals surface area contributed by atoms with E-state index in [1.165, 1.54) is 0 Å². The highest BCUT2D eigenvalue weighted by atomic mass is 35.5. The van der Waals surface area contributed by atoms with E-state index < -0.39 is 0 Å². The predicted octanol–water partition coefficient (Wildman–Crippen LogP) is 3.13. The van der Waals surface area contributed by atoms with Crippen LogP contribution in [0.2, 0.25) is 5.02 Å². The van der Waals surface area contributed by atoms with Crippen LogP contribution in [0.15, 0.2) is 18.2 Å². The number of nitrogens with zero attached hydrogens (tertiary/aromatic N) is 2. The van der Waals surface area contributed by atoms with Crippen LogP contribution >= 0.6 is 11.6 Å². The van der Waals surface area contributed by atoms with Crippen LogP contribution in [0, 0.1) is 11.3 Å². The molecule has 5 heteroatoms. The molecule has 0 radical (unpaired) electrons. The van der Waals surface area contributed by atoms with E-state index in [0.717, 1.165) is 31.5 Å². The van der Waals surface area contributed by atoms with E-state index in [2.05, 4.69) is 6.07 Å². The summed E-state index contributed by atoms with van der Waals surface area (Å²) in [5.74, 6) is -0.217. The van der Waals surface area contributed by atoms with E-state index in [-0.39, 0.29) is 12.0 Å². The largest absolute Gasteiger partial charge is 0.464 e. The zero-order valence-electron chi connectivity index (χ0n) is 11.4. The van der Waals surface area contributed by atoms with Crippen LogP contribution in [0.1, 0.15) is 31.7 Å². The average molecular weight is 293 g/mol. The lowest BCUT2D eigenvalue weighted by atomic mass is 10.00. The Morgan fingerprint density at radius 3 is 3.05 bits per heavy atom. The number of nitriles is 1. The lowest BCUT2D eigenvalue weighted by Gasteiger charge is -2.36. The van der Waals surface area contributed by atoms with Crippen molar-refractivity contribution in [2.45, 2.75) is 32.2 Å². The van der Waals surface area contributed by atoms with Gasteiger partial charge in [-0.05, 0) is 44.4 Å². The maximum absolute atomic E-state index is 12.1. The van der Waals surface area contributed by atoms with Crippen molar-refractivity contribution >= 4 is 23.3 Å². The van der Waals surface area contributed by atoms with Gasteiger partial charge in [-0.25, -0.2) is 4.79 Å². The monoisotopic (exact) mass is 292 g/mol. The number of rotatable bonds is 3. The number of hydrogen-bond acceptors (Lipinski definition) is 4. The van der Waals surface area contributed by atoms with Crippen molar-refractivity contribution in [2.24, 2.45) is 0 Å². The number of benzene rings is 1. The second-order valence-electron chi connectivity index (χ2n) is 4.73. The number of anilines is 1. The van der Waals surface area contributed by atoms with E-state index in [9.17, 15) is 10.1 Å². The zero-order valence-corrected chi connectivity index (χ0v) is 12.2. The van der Waals surface area contributed by atoms with Gasteiger partial charge in [-0.2, -0.15) is 5.26 Å². The smallest absolute Gasteiger partial charge is 0.328 e. The maximum Gasteiger partial charge on any atom is 0.328 e. The number of carbonyl (C=O) groups is 1. The van der Waals surface area contributed by atoms with Crippen molar-refractivity contribution in [3.8, 4) is 6.07 Å². The van der Waals surface area contributed by atoms with Crippen LogP contribution in [-0.2, 0) is 9.53 Å². The molecule has 20 heavy (non-hydrogen) atoms. The highest BCUT2D eigenvalue weighted by Crippen LogP contribution is 2.30. The molecule has 4 nitrogen and oxygen atoms in total. The molecule has 1 atom stereocenters. The van der Waals surface area contributed by atoms with Crippen LogP contribution < -0.4 is 4.90 Å². The lowest BCUT2D eigenvalue weighted by molar-refractivity contribution is -0.145. The summed E-state index contributed by atoms with van der Waals surface area (Å²) in [4.78, 5) is 14.0. The van der Waals surface area contributed by atoms with Gasteiger partial charge in [0.05, 0.1) is 17.9 Å². The van der Waals surface area contributed by atoms with Crippen LogP contribution in [0.25, 0.3) is 0 Å². The molecule has 106 valence electrons. The molecular weight excluding hydrogens is 276 g/mol. The van der Waals surface area contributed by atoms with Gasteiger partial charge >= 0.3 is 5.97 Å². The van der Waals surface area contributed by atoms with Gasteiger partial charge in [0.2, 0.25) is 0 Å². The molecule has 1 unspecified atom stereocenters. The Kier molecular flexibility index (Phi) is 4.86. The van der Waals surface area contributed by atoms with Crippen molar-refractivity contribution in [2.75, 3.05) is 18.1 Å². The molecule has 1 aliphatic heterocycles. The summed E-state index contributed by atoms with van der Waals surface area (Å²) in [5, 5.41) is 9.77. The van der Waals surface area contributed by atoms with Crippen molar-refractivity contribution in [3.05, 3.63) is 28.8 Å². The lowest BCUT2D eigenvalue weighted by Crippen LogP contribution is -2.46.